The highest BCUT2D eigenvalue weighted by atomic mass is 16.5. The first-order valence-corrected chi connectivity index (χ1v) is 6.79. The Kier molecular flexibility index (Phi) is 5.01. The maximum Gasteiger partial charge on any atom is 0.248 e. The van der Waals surface area contributed by atoms with Gasteiger partial charge in [0.15, 0.2) is 0 Å². The first-order chi connectivity index (χ1) is 9.66. The first kappa shape index (κ1) is 14.4. The van der Waals surface area contributed by atoms with E-state index in [1.165, 1.54) is 0 Å². The van der Waals surface area contributed by atoms with E-state index in [9.17, 15) is 4.79 Å². The van der Waals surface area contributed by atoms with Crippen LogP contribution in [-0.4, -0.2) is 37.1 Å². The molecule has 2 rings (SSSR count). The molecule has 0 aliphatic carbocycles. The smallest absolute Gasteiger partial charge is 0.248 e. The molecule has 0 bridgehead atoms. The summed E-state index contributed by atoms with van der Waals surface area (Å²) in [4.78, 5) is 13.8. The third-order valence-electron chi connectivity index (χ3n) is 3.28. The van der Waals surface area contributed by atoms with Crippen molar-refractivity contribution < 1.29 is 9.53 Å². The summed E-state index contributed by atoms with van der Waals surface area (Å²) in [6.45, 7) is 5.06. The van der Waals surface area contributed by atoms with Crippen molar-refractivity contribution in [3.63, 3.8) is 0 Å². The monoisotopic (exact) mass is 275 g/mol. The zero-order valence-corrected chi connectivity index (χ0v) is 11.8. The van der Waals surface area contributed by atoms with E-state index in [1.54, 1.807) is 11.0 Å². The van der Waals surface area contributed by atoms with Crippen molar-refractivity contribution in [2.75, 3.05) is 32.0 Å². The molecular formula is C15H21N3O2. The highest BCUT2D eigenvalue weighted by molar-refractivity contribution is 5.88. The van der Waals surface area contributed by atoms with Crippen LogP contribution in [-0.2, 0) is 16.1 Å². The van der Waals surface area contributed by atoms with Crippen molar-refractivity contribution in [2.24, 2.45) is 0 Å². The standard InChI is InChI=1S/C15H21N3O2/c1-12(10-15(19)18-6-8-20-9-7-18)17-11-13-4-2-3-5-14(13)16/h2-5,10,17H,6-9,11,16H2,1H3/b12-10-. The zero-order valence-electron chi connectivity index (χ0n) is 11.8. The molecule has 1 aromatic carbocycles. The number of morpholine rings is 1. The van der Waals surface area contributed by atoms with Crippen molar-refractivity contribution in [3.05, 3.63) is 41.6 Å². The topological polar surface area (TPSA) is 67.6 Å². The minimum atomic E-state index is 0.0272. The van der Waals surface area contributed by atoms with E-state index in [-0.39, 0.29) is 5.91 Å². The molecule has 1 aliphatic heterocycles. The Labute approximate surface area is 119 Å². The van der Waals surface area contributed by atoms with Gasteiger partial charge in [0.2, 0.25) is 5.91 Å². The number of carbonyl (C=O) groups is 1. The molecular weight excluding hydrogens is 254 g/mol. The van der Waals surface area contributed by atoms with Crippen LogP contribution >= 0.6 is 0 Å². The molecule has 1 heterocycles. The van der Waals surface area contributed by atoms with E-state index < -0.39 is 0 Å². The summed E-state index contributed by atoms with van der Waals surface area (Å²) in [6, 6.07) is 7.70. The maximum atomic E-state index is 12.0. The molecule has 5 heteroatoms. The third-order valence-corrected chi connectivity index (χ3v) is 3.28. The van der Waals surface area contributed by atoms with E-state index in [1.807, 2.05) is 31.2 Å². The second-order valence-electron chi connectivity index (χ2n) is 4.82. The number of rotatable bonds is 4. The Morgan fingerprint density at radius 1 is 1.40 bits per heavy atom. The van der Waals surface area contributed by atoms with Gasteiger partial charge in [0.1, 0.15) is 0 Å². The number of nitrogens with two attached hydrogens (primary N) is 1. The van der Waals surface area contributed by atoms with Crippen LogP contribution in [0.5, 0.6) is 0 Å². The normalized spacial score (nSPS) is 16.1. The first-order valence-electron chi connectivity index (χ1n) is 6.79. The molecule has 108 valence electrons. The molecule has 0 atom stereocenters. The Morgan fingerprint density at radius 2 is 2.10 bits per heavy atom. The molecule has 5 nitrogen and oxygen atoms in total. The SMILES string of the molecule is C/C(=C/C(=O)N1CCOCC1)NCc1ccccc1N. The molecule has 1 aromatic rings. The van der Waals surface area contributed by atoms with E-state index in [4.69, 9.17) is 10.5 Å². The molecule has 0 aromatic heterocycles. The van der Waals surface area contributed by atoms with Gasteiger partial charge in [0.25, 0.3) is 0 Å². The van der Waals surface area contributed by atoms with Gasteiger partial charge in [-0.1, -0.05) is 18.2 Å². The average molecular weight is 275 g/mol. The minimum absolute atomic E-state index is 0.0272. The number of hydrogen-bond donors (Lipinski definition) is 2. The lowest BCUT2D eigenvalue weighted by Gasteiger charge is -2.25. The number of hydrogen-bond acceptors (Lipinski definition) is 4. The maximum absolute atomic E-state index is 12.0. The summed E-state index contributed by atoms with van der Waals surface area (Å²) in [5.74, 6) is 0.0272. The van der Waals surface area contributed by atoms with Gasteiger partial charge in [-0.25, -0.2) is 0 Å². The van der Waals surface area contributed by atoms with E-state index in [0.717, 1.165) is 16.9 Å². The van der Waals surface area contributed by atoms with Gasteiger partial charge in [-0.3, -0.25) is 4.79 Å². The van der Waals surface area contributed by atoms with Gasteiger partial charge in [-0.05, 0) is 18.6 Å². The number of amides is 1. The fourth-order valence-electron chi connectivity index (χ4n) is 2.04. The summed E-state index contributed by atoms with van der Waals surface area (Å²) >= 11 is 0. The van der Waals surface area contributed by atoms with Gasteiger partial charge in [0.05, 0.1) is 13.2 Å². The lowest BCUT2D eigenvalue weighted by molar-refractivity contribution is -0.130. The number of para-hydroxylation sites is 1. The van der Waals surface area contributed by atoms with Crippen molar-refractivity contribution in [2.45, 2.75) is 13.5 Å². The molecule has 1 amide bonds. The van der Waals surface area contributed by atoms with Gasteiger partial charge < -0.3 is 20.7 Å². The van der Waals surface area contributed by atoms with Crippen LogP contribution in [0.2, 0.25) is 0 Å². The zero-order chi connectivity index (χ0) is 14.4. The molecule has 0 radical (unpaired) electrons. The van der Waals surface area contributed by atoms with Crippen molar-refractivity contribution in [1.82, 2.24) is 10.2 Å². The summed E-state index contributed by atoms with van der Waals surface area (Å²) in [5.41, 5.74) is 8.50. The van der Waals surface area contributed by atoms with Crippen LogP contribution in [0.3, 0.4) is 0 Å². The molecule has 1 aliphatic rings. The van der Waals surface area contributed by atoms with E-state index >= 15 is 0 Å². The van der Waals surface area contributed by atoms with E-state index in [0.29, 0.717) is 32.8 Å². The summed E-state index contributed by atoms with van der Waals surface area (Å²) in [7, 11) is 0. The Bertz CT molecular complexity index is 494. The number of ether oxygens (including phenoxy) is 1. The molecule has 1 saturated heterocycles. The number of allylic oxidation sites excluding steroid dienone is 1. The van der Waals surface area contributed by atoms with Crippen LogP contribution in [0.4, 0.5) is 5.69 Å². The number of nitrogens with one attached hydrogen (secondary N) is 1. The lowest BCUT2D eigenvalue weighted by Crippen LogP contribution is -2.40. The van der Waals surface area contributed by atoms with Gasteiger partial charge >= 0.3 is 0 Å². The number of anilines is 1. The molecule has 20 heavy (non-hydrogen) atoms. The average Bonchev–Trinajstić information content (AvgIpc) is 2.47. The number of nitrogen functional groups attached to an aromatic ring is 1. The molecule has 1 fully saturated rings. The molecule has 0 saturated carbocycles. The van der Waals surface area contributed by atoms with Crippen LogP contribution < -0.4 is 11.1 Å². The van der Waals surface area contributed by atoms with Crippen LogP contribution in [0.1, 0.15) is 12.5 Å². The van der Waals surface area contributed by atoms with Crippen LogP contribution in [0, 0.1) is 0 Å². The molecule has 0 spiro atoms. The number of carbonyl (C=O) groups excluding carboxylic acids is 1. The Balaban J connectivity index is 1.87. The summed E-state index contributed by atoms with van der Waals surface area (Å²) in [6.07, 6.45) is 1.63. The number of benzene rings is 1. The fraction of sp³-hybridized carbons (Fsp3) is 0.400. The minimum Gasteiger partial charge on any atom is -0.398 e. The Morgan fingerprint density at radius 3 is 2.80 bits per heavy atom. The van der Waals surface area contributed by atoms with Crippen molar-refractivity contribution in [1.29, 1.82) is 0 Å². The lowest BCUT2D eigenvalue weighted by atomic mass is 10.2. The fourth-order valence-corrected chi connectivity index (χ4v) is 2.04. The highest BCUT2D eigenvalue weighted by Gasteiger charge is 2.14. The van der Waals surface area contributed by atoms with Crippen LogP contribution in [0.15, 0.2) is 36.0 Å². The van der Waals surface area contributed by atoms with Gasteiger partial charge in [-0.2, -0.15) is 0 Å². The van der Waals surface area contributed by atoms with Crippen LogP contribution in [0.25, 0.3) is 0 Å². The van der Waals surface area contributed by atoms with E-state index in [2.05, 4.69) is 5.32 Å². The van der Waals surface area contributed by atoms with Gasteiger partial charge in [-0.15, -0.1) is 0 Å². The van der Waals surface area contributed by atoms with Gasteiger partial charge in [0, 0.05) is 37.1 Å². The quantitative estimate of drug-likeness (QED) is 0.638. The number of nitrogens with zero attached hydrogens (tertiary/aromatic N) is 1. The second kappa shape index (κ2) is 6.96. The predicted octanol–water partition coefficient (Wildman–Crippen LogP) is 1.12. The summed E-state index contributed by atoms with van der Waals surface area (Å²) < 4.78 is 5.23. The third kappa shape index (κ3) is 3.99. The second-order valence-corrected chi connectivity index (χ2v) is 4.82. The largest absolute Gasteiger partial charge is 0.398 e. The molecule has 0 unspecified atom stereocenters. The van der Waals surface area contributed by atoms with Crippen molar-refractivity contribution >= 4 is 11.6 Å². The molecule has 3 N–H and O–H groups in total. The summed E-state index contributed by atoms with van der Waals surface area (Å²) in [5, 5.41) is 3.21. The van der Waals surface area contributed by atoms with Crippen molar-refractivity contribution in [3.8, 4) is 0 Å². The highest BCUT2D eigenvalue weighted by Crippen LogP contribution is 2.10. The Hall–Kier alpha value is -2.01. The predicted molar refractivity (Wildman–Crippen MR) is 78.9 cm³/mol.